The van der Waals surface area contributed by atoms with Crippen molar-refractivity contribution in [3.05, 3.63) is 124 Å². The van der Waals surface area contributed by atoms with Crippen LogP contribution in [0.4, 0.5) is 0 Å². The number of amides is 1. The Hall–Kier alpha value is -2.34. The number of nitrogens with one attached hydrogen (secondary N) is 1. The van der Waals surface area contributed by atoms with E-state index in [0.717, 1.165) is 23.8 Å². The minimum atomic E-state index is -0.402. The minimum Gasteiger partial charge on any atom is -0.488 e. The van der Waals surface area contributed by atoms with Crippen molar-refractivity contribution in [2.24, 2.45) is 5.10 Å². The molecule has 0 unspecified atom stereocenters. The smallest absolute Gasteiger partial charge is 0.275 e. The molecule has 0 radical (unpaired) electrons. The molecule has 1 N–H and O–H groups in total. The summed E-state index contributed by atoms with van der Waals surface area (Å²) in [6, 6.07) is 26.0. The van der Waals surface area contributed by atoms with E-state index >= 15 is 0 Å². The monoisotopic (exact) mass is 756 g/mol. The Morgan fingerprint density at radius 1 is 0.892 bits per heavy atom. The number of halogens is 4. The zero-order valence-electron chi connectivity index (χ0n) is 19.3. The first-order chi connectivity index (χ1) is 17.9. The van der Waals surface area contributed by atoms with Crippen molar-refractivity contribution in [3.8, 4) is 11.5 Å². The van der Waals surface area contributed by atoms with Crippen molar-refractivity contribution in [1.29, 1.82) is 0 Å². The second kappa shape index (κ2) is 13.5. The van der Waals surface area contributed by atoms with Crippen LogP contribution in [0.3, 0.4) is 0 Å². The van der Waals surface area contributed by atoms with E-state index in [1.807, 2.05) is 42.5 Å². The van der Waals surface area contributed by atoms with Gasteiger partial charge in [-0.3, -0.25) is 4.79 Å². The number of benzene rings is 4. The molecule has 4 rings (SSSR count). The van der Waals surface area contributed by atoms with Crippen LogP contribution in [0.15, 0.2) is 90.0 Å². The number of hydrogen-bond donors (Lipinski definition) is 1. The van der Waals surface area contributed by atoms with E-state index < -0.39 is 5.91 Å². The van der Waals surface area contributed by atoms with Gasteiger partial charge in [-0.05, 0) is 87.1 Å². The molecule has 9 heteroatoms. The second-order valence-electron chi connectivity index (χ2n) is 7.80. The first-order valence-electron chi connectivity index (χ1n) is 11.1. The first kappa shape index (κ1) is 27.7. The third-order valence-corrected chi connectivity index (χ3v) is 7.17. The summed E-state index contributed by atoms with van der Waals surface area (Å²) in [5.41, 5.74) is 5.52. The molecule has 0 saturated heterocycles. The third-order valence-electron chi connectivity index (χ3n) is 5.16. The maximum Gasteiger partial charge on any atom is 0.275 e. The Balaban J connectivity index is 1.45. The molecule has 0 aliphatic heterocycles. The van der Waals surface area contributed by atoms with Crippen LogP contribution in [0.25, 0.3) is 0 Å². The van der Waals surface area contributed by atoms with Crippen molar-refractivity contribution in [2.45, 2.75) is 13.2 Å². The zero-order valence-corrected chi connectivity index (χ0v) is 25.1. The van der Waals surface area contributed by atoms with E-state index in [2.05, 4.69) is 55.7 Å². The predicted molar refractivity (Wildman–Crippen MR) is 165 cm³/mol. The number of hydrazone groups is 1. The number of hydrogen-bond acceptors (Lipinski definition) is 4. The van der Waals surface area contributed by atoms with E-state index in [0.29, 0.717) is 33.7 Å². The normalized spacial score (nSPS) is 10.9. The summed E-state index contributed by atoms with van der Waals surface area (Å²) in [6.07, 6.45) is 1.58. The van der Waals surface area contributed by atoms with Crippen LogP contribution in [0.1, 0.15) is 27.0 Å². The quantitative estimate of drug-likeness (QED) is 0.107. The zero-order chi connectivity index (χ0) is 26.2. The second-order valence-corrected chi connectivity index (χ2v) is 11.1. The van der Waals surface area contributed by atoms with E-state index in [1.165, 1.54) is 0 Å². The van der Waals surface area contributed by atoms with E-state index in [1.54, 1.807) is 48.7 Å². The maximum absolute atomic E-state index is 12.9. The molecule has 0 bridgehead atoms. The SMILES string of the molecule is O=C(N/N=C/c1cc(I)cc(I)c1OCc1ccccc1)c1ccccc1OCc1ccc(Cl)cc1Cl. The molecule has 0 heterocycles. The highest BCUT2D eigenvalue weighted by Gasteiger charge is 2.13. The number of para-hydroxylation sites is 1. The van der Waals surface area contributed by atoms with E-state index in [9.17, 15) is 4.79 Å². The van der Waals surface area contributed by atoms with Gasteiger partial charge in [0, 0.05) is 24.7 Å². The van der Waals surface area contributed by atoms with Gasteiger partial charge in [-0.2, -0.15) is 5.10 Å². The van der Waals surface area contributed by atoms with Crippen LogP contribution >= 0.6 is 68.4 Å². The summed E-state index contributed by atoms with van der Waals surface area (Å²) >= 11 is 16.7. The molecule has 4 aromatic rings. The Bertz CT molecular complexity index is 1430. The average Bonchev–Trinajstić information content (AvgIpc) is 2.88. The lowest BCUT2D eigenvalue weighted by molar-refractivity contribution is 0.0950. The molecule has 0 fully saturated rings. The Morgan fingerprint density at radius 2 is 1.65 bits per heavy atom. The maximum atomic E-state index is 12.9. The summed E-state index contributed by atoms with van der Waals surface area (Å²) < 4.78 is 14.0. The van der Waals surface area contributed by atoms with Gasteiger partial charge in [0.2, 0.25) is 0 Å². The molecule has 5 nitrogen and oxygen atoms in total. The third kappa shape index (κ3) is 7.83. The summed E-state index contributed by atoms with van der Waals surface area (Å²) in [5, 5.41) is 5.24. The van der Waals surface area contributed by atoms with Gasteiger partial charge in [0.1, 0.15) is 24.7 Å². The molecule has 37 heavy (non-hydrogen) atoms. The number of ether oxygens (including phenoxy) is 2. The Kier molecular flexibility index (Phi) is 10.1. The topological polar surface area (TPSA) is 59.9 Å². The van der Waals surface area contributed by atoms with Crippen molar-refractivity contribution >= 4 is 80.5 Å². The predicted octanol–water partition coefficient (Wildman–Crippen LogP) is 8.12. The molecule has 0 saturated carbocycles. The fraction of sp³-hybridized carbons (Fsp3) is 0.0714. The van der Waals surface area contributed by atoms with Gasteiger partial charge in [0.05, 0.1) is 15.3 Å². The molecular weight excluding hydrogens is 737 g/mol. The van der Waals surface area contributed by atoms with Crippen LogP contribution in [0.2, 0.25) is 10.0 Å². The van der Waals surface area contributed by atoms with Gasteiger partial charge in [0.25, 0.3) is 5.91 Å². The van der Waals surface area contributed by atoms with Gasteiger partial charge in [0.15, 0.2) is 0 Å². The lowest BCUT2D eigenvalue weighted by atomic mass is 10.2. The molecule has 0 aromatic heterocycles. The van der Waals surface area contributed by atoms with Gasteiger partial charge < -0.3 is 9.47 Å². The van der Waals surface area contributed by atoms with Crippen molar-refractivity contribution in [1.82, 2.24) is 5.43 Å². The molecule has 4 aromatic carbocycles. The van der Waals surface area contributed by atoms with Gasteiger partial charge in [-0.1, -0.05) is 71.7 Å². The highest BCUT2D eigenvalue weighted by Crippen LogP contribution is 2.28. The van der Waals surface area contributed by atoms with Gasteiger partial charge in [-0.15, -0.1) is 0 Å². The molecule has 188 valence electrons. The highest BCUT2D eigenvalue weighted by atomic mass is 127. The lowest BCUT2D eigenvalue weighted by Gasteiger charge is -2.13. The molecular formula is C28H20Cl2I2N2O3. The average molecular weight is 757 g/mol. The van der Waals surface area contributed by atoms with Crippen molar-refractivity contribution < 1.29 is 14.3 Å². The molecule has 1 amide bonds. The van der Waals surface area contributed by atoms with Crippen LogP contribution in [0, 0.1) is 7.14 Å². The molecule has 0 aliphatic carbocycles. The van der Waals surface area contributed by atoms with Crippen LogP contribution in [-0.2, 0) is 13.2 Å². The van der Waals surface area contributed by atoms with Gasteiger partial charge >= 0.3 is 0 Å². The summed E-state index contributed by atoms with van der Waals surface area (Å²) in [4.78, 5) is 12.9. The lowest BCUT2D eigenvalue weighted by Crippen LogP contribution is -2.19. The largest absolute Gasteiger partial charge is 0.488 e. The van der Waals surface area contributed by atoms with Crippen LogP contribution in [-0.4, -0.2) is 12.1 Å². The fourth-order valence-electron chi connectivity index (χ4n) is 3.35. The number of rotatable bonds is 9. The molecule has 0 aliphatic rings. The van der Waals surface area contributed by atoms with E-state index in [-0.39, 0.29) is 6.61 Å². The minimum absolute atomic E-state index is 0.187. The number of carbonyl (C=O) groups excluding carboxylic acids is 1. The highest BCUT2D eigenvalue weighted by molar-refractivity contribution is 14.1. The van der Waals surface area contributed by atoms with E-state index in [4.69, 9.17) is 32.7 Å². The number of carbonyl (C=O) groups is 1. The van der Waals surface area contributed by atoms with Crippen LogP contribution in [0.5, 0.6) is 11.5 Å². The summed E-state index contributed by atoms with van der Waals surface area (Å²) in [5.74, 6) is 0.712. The Labute approximate surface area is 252 Å². The molecule has 0 atom stereocenters. The standard InChI is InChI=1S/C28H20Cl2I2N2O3/c29-21-11-10-19(24(30)13-21)17-36-26-9-5-4-8-23(26)28(35)34-33-15-20-12-22(31)14-25(32)27(20)37-16-18-6-2-1-3-7-18/h1-15H,16-17H2,(H,34,35)/b33-15+. The molecule has 0 spiro atoms. The number of nitrogens with zero attached hydrogens (tertiary/aromatic N) is 1. The van der Waals surface area contributed by atoms with Crippen molar-refractivity contribution in [2.75, 3.05) is 0 Å². The Morgan fingerprint density at radius 3 is 2.43 bits per heavy atom. The first-order valence-corrected chi connectivity index (χ1v) is 14.0. The summed E-state index contributed by atoms with van der Waals surface area (Å²) in [7, 11) is 0. The summed E-state index contributed by atoms with van der Waals surface area (Å²) in [6.45, 7) is 0.611. The van der Waals surface area contributed by atoms with Gasteiger partial charge in [-0.25, -0.2) is 5.43 Å². The fourth-order valence-corrected chi connectivity index (χ4v) is 5.86. The van der Waals surface area contributed by atoms with Crippen molar-refractivity contribution in [3.63, 3.8) is 0 Å². The van der Waals surface area contributed by atoms with Crippen LogP contribution < -0.4 is 14.9 Å².